The fourth-order valence-corrected chi connectivity index (χ4v) is 9.83. The summed E-state index contributed by atoms with van der Waals surface area (Å²) >= 11 is 0. The molecular formula is C64H45N3. The second-order valence-electron chi connectivity index (χ2n) is 17.0. The molecule has 0 saturated heterocycles. The molecule has 0 aliphatic carbocycles. The van der Waals surface area contributed by atoms with Crippen molar-refractivity contribution in [2.75, 3.05) is 9.80 Å². The molecule has 12 rings (SSSR count). The lowest BCUT2D eigenvalue weighted by Crippen LogP contribution is -2.17. The van der Waals surface area contributed by atoms with E-state index in [1.54, 1.807) is 0 Å². The number of fused-ring (bicyclic) bond motifs is 5. The van der Waals surface area contributed by atoms with Crippen LogP contribution >= 0.6 is 0 Å². The molecule has 0 radical (unpaired) electrons. The third-order valence-corrected chi connectivity index (χ3v) is 12.9. The number of hydrogen-bond acceptors (Lipinski definition) is 2. The summed E-state index contributed by atoms with van der Waals surface area (Å²) in [6.45, 7) is 0. The number of benzene rings is 10. The molecule has 0 unspecified atom stereocenters. The largest absolute Gasteiger partial charge is 0.310 e. The van der Waals surface area contributed by atoms with Crippen LogP contribution in [0.25, 0.3) is 61.4 Å². The molecule has 10 aromatic carbocycles. The molecule has 0 N–H and O–H groups in total. The Bertz CT molecular complexity index is 3500. The minimum atomic E-state index is 1.07. The highest BCUT2D eigenvalue weighted by Crippen LogP contribution is 2.49. The van der Waals surface area contributed by atoms with E-state index in [4.69, 9.17) is 0 Å². The molecule has 0 spiro atoms. The van der Waals surface area contributed by atoms with Gasteiger partial charge in [-0.1, -0.05) is 182 Å². The number of hydrogen-bond donors (Lipinski definition) is 0. The summed E-state index contributed by atoms with van der Waals surface area (Å²) < 4.78 is 2.38. The second kappa shape index (κ2) is 17.2. The van der Waals surface area contributed by atoms with Gasteiger partial charge in [-0.05, 0) is 124 Å². The number of anilines is 6. The molecule has 11 aromatic rings. The first-order valence-electron chi connectivity index (χ1n) is 22.9. The SMILES string of the molecule is C(/C=C/c1ccc(N(c2cc(-c3ccccc3)cc(-c3ccccc3)c2)c2ccc3c(c2)c2ccccc2n3-c2ccccc2)cc1)=C1c2ccccc2N(c2ccccc2)c2ccccc21. The second-order valence-corrected chi connectivity index (χ2v) is 17.0. The van der Waals surface area contributed by atoms with Crippen LogP contribution in [0, 0.1) is 0 Å². The van der Waals surface area contributed by atoms with Crippen molar-refractivity contribution in [1.82, 2.24) is 4.57 Å². The molecule has 316 valence electrons. The Hall–Kier alpha value is -8.92. The van der Waals surface area contributed by atoms with Crippen LogP contribution in [-0.2, 0) is 0 Å². The van der Waals surface area contributed by atoms with Gasteiger partial charge < -0.3 is 14.4 Å². The molecule has 0 fully saturated rings. The zero-order valence-corrected chi connectivity index (χ0v) is 36.8. The molecule has 0 atom stereocenters. The zero-order valence-electron chi connectivity index (χ0n) is 36.8. The third-order valence-electron chi connectivity index (χ3n) is 12.9. The summed E-state index contributed by atoms with van der Waals surface area (Å²) in [6, 6.07) is 91.8. The lowest BCUT2D eigenvalue weighted by atomic mass is 9.89. The van der Waals surface area contributed by atoms with E-state index in [1.165, 1.54) is 61.0 Å². The molecule has 1 aliphatic heterocycles. The van der Waals surface area contributed by atoms with Crippen molar-refractivity contribution in [3.8, 4) is 27.9 Å². The Morgan fingerprint density at radius 1 is 0.343 bits per heavy atom. The van der Waals surface area contributed by atoms with Crippen LogP contribution in [0.15, 0.2) is 267 Å². The highest BCUT2D eigenvalue weighted by atomic mass is 15.2. The van der Waals surface area contributed by atoms with Gasteiger partial charge in [-0.15, -0.1) is 0 Å². The predicted octanol–water partition coefficient (Wildman–Crippen LogP) is 17.5. The summed E-state index contributed by atoms with van der Waals surface area (Å²) in [7, 11) is 0. The van der Waals surface area contributed by atoms with Gasteiger partial charge in [0, 0.05) is 50.3 Å². The molecular weight excluding hydrogens is 811 g/mol. The van der Waals surface area contributed by atoms with Crippen LogP contribution in [-0.4, -0.2) is 4.57 Å². The maximum Gasteiger partial charge on any atom is 0.0542 e. The number of nitrogens with zero attached hydrogens (tertiary/aromatic N) is 3. The van der Waals surface area contributed by atoms with Gasteiger partial charge in [-0.2, -0.15) is 0 Å². The van der Waals surface area contributed by atoms with E-state index in [9.17, 15) is 0 Å². The molecule has 2 heterocycles. The highest BCUT2D eigenvalue weighted by molar-refractivity contribution is 6.11. The van der Waals surface area contributed by atoms with Crippen LogP contribution in [0.4, 0.5) is 34.1 Å². The summed E-state index contributed by atoms with van der Waals surface area (Å²) in [5, 5.41) is 2.42. The van der Waals surface area contributed by atoms with Crippen LogP contribution in [0.3, 0.4) is 0 Å². The van der Waals surface area contributed by atoms with Gasteiger partial charge in [-0.25, -0.2) is 0 Å². The zero-order chi connectivity index (χ0) is 44.5. The summed E-state index contributed by atoms with van der Waals surface area (Å²) in [6.07, 6.45) is 6.67. The fraction of sp³-hybridized carbons (Fsp3) is 0. The first kappa shape index (κ1) is 39.7. The van der Waals surface area contributed by atoms with E-state index in [0.29, 0.717) is 0 Å². The van der Waals surface area contributed by atoms with Gasteiger partial charge in [0.25, 0.3) is 0 Å². The van der Waals surface area contributed by atoms with Crippen LogP contribution < -0.4 is 9.80 Å². The number of para-hydroxylation sites is 5. The van der Waals surface area contributed by atoms with Crippen molar-refractivity contribution in [2.24, 2.45) is 0 Å². The summed E-state index contributed by atoms with van der Waals surface area (Å²) in [5.74, 6) is 0. The molecule has 0 bridgehead atoms. The van der Waals surface area contributed by atoms with Gasteiger partial charge in [-0.3, -0.25) is 0 Å². The van der Waals surface area contributed by atoms with Crippen LogP contribution in [0.1, 0.15) is 16.7 Å². The average Bonchev–Trinajstić information content (AvgIpc) is 3.73. The standard InChI is InChI=1S/C64H45N3/c1-5-21-47(22-6-1)49-42-50(48-23-7-2-8-24-48)44-55(43-49)65(54-40-41-64-60(45-54)59-31-15-18-35-63(59)67(64)52-27-11-4-12-28-52)53-38-36-46(37-39-53)20-19-32-56-57-29-13-16-33-61(57)66(51-25-9-3-10-26-51)62-34-17-14-30-58(56)62/h1-45H/b20-19+. The van der Waals surface area contributed by atoms with Crippen molar-refractivity contribution < 1.29 is 0 Å². The number of aromatic nitrogens is 1. The highest BCUT2D eigenvalue weighted by Gasteiger charge is 2.27. The fourth-order valence-electron chi connectivity index (χ4n) is 9.83. The van der Waals surface area contributed by atoms with Crippen LogP contribution in [0.5, 0.6) is 0 Å². The lowest BCUT2D eigenvalue weighted by Gasteiger charge is -2.34. The van der Waals surface area contributed by atoms with Crippen molar-refractivity contribution >= 4 is 67.6 Å². The van der Waals surface area contributed by atoms with E-state index in [2.05, 4.69) is 287 Å². The third kappa shape index (κ3) is 7.39. The molecule has 3 heteroatoms. The minimum absolute atomic E-state index is 1.07. The molecule has 1 aromatic heterocycles. The Kier molecular flexibility index (Phi) is 10.2. The maximum absolute atomic E-state index is 2.41. The normalized spacial score (nSPS) is 12.1. The smallest absolute Gasteiger partial charge is 0.0542 e. The molecule has 67 heavy (non-hydrogen) atoms. The first-order chi connectivity index (χ1) is 33.2. The Morgan fingerprint density at radius 2 is 0.851 bits per heavy atom. The van der Waals surface area contributed by atoms with Crippen molar-refractivity contribution in [3.05, 3.63) is 284 Å². The van der Waals surface area contributed by atoms with Gasteiger partial charge in [0.05, 0.1) is 22.4 Å². The average molecular weight is 856 g/mol. The molecule has 0 saturated carbocycles. The monoisotopic (exact) mass is 855 g/mol. The maximum atomic E-state index is 2.41. The van der Waals surface area contributed by atoms with E-state index in [0.717, 1.165) is 45.1 Å². The van der Waals surface area contributed by atoms with Gasteiger partial charge in [0.15, 0.2) is 0 Å². The minimum Gasteiger partial charge on any atom is -0.310 e. The van der Waals surface area contributed by atoms with Crippen molar-refractivity contribution in [3.63, 3.8) is 0 Å². The van der Waals surface area contributed by atoms with Crippen molar-refractivity contribution in [1.29, 1.82) is 0 Å². The number of allylic oxidation sites excluding steroid dienone is 2. The molecule has 1 aliphatic rings. The van der Waals surface area contributed by atoms with E-state index in [1.807, 2.05) is 0 Å². The first-order valence-corrected chi connectivity index (χ1v) is 22.9. The van der Waals surface area contributed by atoms with Gasteiger partial charge in [0.1, 0.15) is 0 Å². The Labute approximate surface area is 391 Å². The van der Waals surface area contributed by atoms with E-state index >= 15 is 0 Å². The summed E-state index contributed by atoms with van der Waals surface area (Å²) in [4.78, 5) is 4.78. The molecule has 0 amide bonds. The predicted molar refractivity (Wildman–Crippen MR) is 284 cm³/mol. The van der Waals surface area contributed by atoms with Crippen molar-refractivity contribution in [2.45, 2.75) is 0 Å². The summed E-state index contributed by atoms with van der Waals surface area (Å²) in [5.41, 5.74) is 19.6. The quantitative estimate of drug-likeness (QED) is 0.143. The van der Waals surface area contributed by atoms with Gasteiger partial charge in [0.2, 0.25) is 0 Å². The Morgan fingerprint density at radius 3 is 1.48 bits per heavy atom. The van der Waals surface area contributed by atoms with E-state index in [-0.39, 0.29) is 0 Å². The van der Waals surface area contributed by atoms with Crippen LogP contribution in [0.2, 0.25) is 0 Å². The van der Waals surface area contributed by atoms with E-state index < -0.39 is 0 Å². The lowest BCUT2D eigenvalue weighted by molar-refractivity contribution is 1.18. The Balaban J connectivity index is 0.975. The topological polar surface area (TPSA) is 11.4 Å². The number of rotatable bonds is 9. The van der Waals surface area contributed by atoms with Gasteiger partial charge >= 0.3 is 0 Å². The molecule has 3 nitrogen and oxygen atoms in total.